The standard InChI is InChI=1S/C6H9F3O/c7-6(8,9)5-2-1-4(5)3-10/h4-5,10H,1-3H2/t4-,5+/m1/s1. The van der Waals surface area contributed by atoms with Crippen molar-refractivity contribution in [2.24, 2.45) is 11.8 Å². The van der Waals surface area contributed by atoms with Gasteiger partial charge in [-0.3, -0.25) is 0 Å². The fourth-order valence-electron chi connectivity index (χ4n) is 1.22. The average molecular weight is 154 g/mol. The Morgan fingerprint density at radius 3 is 2.00 bits per heavy atom. The van der Waals surface area contributed by atoms with Gasteiger partial charge in [-0.2, -0.15) is 13.2 Å². The molecule has 0 unspecified atom stereocenters. The van der Waals surface area contributed by atoms with Gasteiger partial charge in [-0.25, -0.2) is 0 Å². The van der Waals surface area contributed by atoms with Gasteiger partial charge in [0, 0.05) is 6.61 Å². The van der Waals surface area contributed by atoms with Crippen molar-refractivity contribution in [1.29, 1.82) is 0 Å². The van der Waals surface area contributed by atoms with Crippen molar-refractivity contribution in [2.45, 2.75) is 19.0 Å². The predicted octanol–water partition coefficient (Wildman–Crippen LogP) is 1.57. The summed E-state index contributed by atoms with van der Waals surface area (Å²) >= 11 is 0. The third-order valence-corrected chi connectivity index (χ3v) is 2.07. The maximum atomic E-state index is 11.8. The molecule has 1 nitrogen and oxygen atoms in total. The molecule has 0 aromatic carbocycles. The van der Waals surface area contributed by atoms with Gasteiger partial charge in [0.2, 0.25) is 0 Å². The summed E-state index contributed by atoms with van der Waals surface area (Å²) in [6.07, 6.45) is -3.39. The number of rotatable bonds is 1. The van der Waals surface area contributed by atoms with Crippen molar-refractivity contribution in [3.05, 3.63) is 0 Å². The maximum Gasteiger partial charge on any atom is 0.392 e. The zero-order chi connectivity index (χ0) is 7.78. The van der Waals surface area contributed by atoms with Gasteiger partial charge in [-0.1, -0.05) is 0 Å². The van der Waals surface area contributed by atoms with Crippen LogP contribution in [-0.4, -0.2) is 17.9 Å². The van der Waals surface area contributed by atoms with Crippen LogP contribution in [0.4, 0.5) is 13.2 Å². The van der Waals surface area contributed by atoms with Gasteiger partial charge in [-0.15, -0.1) is 0 Å². The quantitative estimate of drug-likeness (QED) is 0.607. The van der Waals surface area contributed by atoms with E-state index < -0.39 is 18.0 Å². The molecule has 4 heteroatoms. The normalized spacial score (nSPS) is 33.6. The van der Waals surface area contributed by atoms with Gasteiger partial charge in [0.05, 0.1) is 5.92 Å². The summed E-state index contributed by atoms with van der Waals surface area (Å²) in [5.41, 5.74) is 0. The lowest BCUT2D eigenvalue weighted by Crippen LogP contribution is -2.39. The molecule has 0 aliphatic heterocycles. The van der Waals surface area contributed by atoms with E-state index >= 15 is 0 Å². The van der Waals surface area contributed by atoms with Gasteiger partial charge in [0.15, 0.2) is 0 Å². The molecule has 1 aliphatic rings. The van der Waals surface area contributed by atoms with E-state index in [0.29, 0.717) is 6.42 Å². The average Bonchev–Trinajstić information content (AvgIpc) is 1.57. The molecule has 1 fully saturated rings. The summed E-state index contributed by atoms with van der Waals surface area (Å²) in [5, 5.41) is 8.42. The fourth-order valence-corrected chi connectivity index (χ4v) is 1.22. The summed E-state index contributed by atoms with van der Waals surface area (Å²) in [5.74, 6) is -1.77. The molecule has 1 N–H and O–H groups in total. The lowest BCUT2D eigenvalue weighted by Gasteiger charge is -2.36. The molecule has 1 aliphatic carbocycles. The van der Waals surface area contributed by atoms with Gasteiger partial charge < -0.3 is 5.11 Å². The summed E-state index contributed by atoms with van der Waals surface area (Å²) in [6, 6.07) is 0. The van der Waals surface area contributed by atoms with Crippen LogP contribution in [0.2, 0.25) is 0 Å². The molecule has 0 bridgehead atoms. The van der Waals surface area contributed by atoms with Gasteiger partial charge >= 0.3 is 6.18 Å². The van der Waals surface area contributed by atoms with Gasteiger partial charge in [0.25, 0.3) is 0 Å². The molecule has 60 valence electrons. The van der Waals surface area contributed by atoms with Crippen LogP contribution < -0.4 is 0 Å². The monoisotopic (exact) mass is 154 g/mol. The first kappa shape index (κ1) is 7.85. The third kappa shape index (κ3) is 1.26. The van der Waals surface area contributed by atoms with Crippen molar-refractivity contribution in [2.75, 3.05) is 6.61 Å². The van der Waals surface area contributed by atoms with E-state index in [2.05, 4.69) is 0 Å². The number of alkyl halides is 3. The second-order valence-electron chi connectivity index (χ2n) is 2.67. The Hall–Kier alpha value is -0.250. The van der Waals surface area contributed by atoms with Crippen LogP contribution in [0.25, 0.3) is 0 Å². The molecule has 2 atom stereocenters. The predicted molar refractivity (Wildman–Crippen MR) is 29.4 cm³/mol. The number of aliphatic hydroxyl groups excluding tert-OH is 1. The zero-order valence-electron chi connectivity index (χ0n) is 5.36. The number of hydrogen-bond acceptors (Lipinski definition) is 1. The van der Waals surface area contributed by atoms with Crippen LogP contribution in [0.15, 0.2) is 0 Å². The van der Waals surface area contributed by atoms with Crippen LogP contribution >= 0.6 is 0 Å². The first-order valence-corrected chi connectivity index (χ1v) is 3.23. The first-order chi connectivity index (χ1) is 4.55. The Labute approximate surface area is 56.8 Å². The molecule has 0 aromatic heterocycles. The summed E-state index contributed by atoms with van der Waals surface area (Å²) in [6.45, 7) is -0.329. The highest BCUT2D eigenvalue weighted by Crippen LogP contribution is 2.45. The third-order valence-electron chi connectivity index (χ3n) is 2.07. The van der Waals surface area contributed by atoms with Crippen LogP contribution in [-0.2, 0) is 0 Å². The summed E-state index contributed by atoms with van der Waals surface area (Å²) in [7, 11) is 0. The Morgan fingerprint density at radius 2 is 1.90 bits per heavy atom. The van der Waals surface area contributed by atoms with E-state index in [4.69, 9.17) is 5.11 Å². The SMILES string of the molecule is OC[C@H]1CC[C@@H]1C(F)(F)F. The van der Waals surface area contributed by atoms with E-state index in [1.54, 1.807) is 0 Å². The number of aliphatic hydroxyl groups is 1. The Morgan fingerprint density at radius 1 is 1.30 bits per heavy atom. The van der Waals surface area contributed by atoms with Crippen molar-refractivity contribution < 1.29 is 18.3 Å². The number of halogens is 3. The van der Waals surface area contributed by atoms with E-state index in [1.807, 2.05) is 0 Å². The molecule has 0 aromatic rings. The summed E-state index contributed by atoms with van der Waals surface area (Å²) in [4.78, 5) is 0. The molecule has 0 amide bonds. The molecule has 0 spiro atoms. The Kier molecular flexibility index (Phi) is 1.90. The van der Waals surface area contributed by atoms with Crippen molar-refractivity contribution in [1.82, 2.24) is 0 Å². The molecule has 0 radical (unpaired) electrons. The highest BCUT2D eigenvalue weighted by Gasteiger charge is 2.49. The van der Waals surface area contributed by atoms with Crippen LogP contribution in [0, 0.1) is 11.8 Å². The van der Waals surface area contributed by atoms with E-state index in [-0.39, 0.29) is 13.0 Å². The minimum atomic E-state index is -4.09. The molecule has 1 rings (SSSR count). The molecular formula is C6H9F3O. The first-order valence-electron chi connectivity index (χ1n) is 3.23. The highest BCUT2D eigenvalue weighted by molar-refractivity contribution is 4.84. The lowest BCUT2D eigenvalue weighted by molar-refractivity contribution is -0.217. The van der Waals surface area contributed by atoms with Crippen LogP contribution in [0.5, 0.6) is 0 Å². The van der Waals surface area contributed by atoms with Crippen LogP contribution in [0.1, 0.15) is 12.8 Å². The minimum Gasteiger partial charge on any atom is -0.396 e. The fraction of sp³-hybridized carbons (Fsp3) is 1.00. The Balaban J connectivity index is 2.43. The maximum absolute atomic E-state index is 11.8. The van der Waals surface area contributed by atoms with Gasteiger partial charge in [0.1, 0.15) is 0 Å². The molecule has 1 saturated carbocycles. The van der Waals surface area contributed by atoms with E-state index in [0.717, 1.165) is 0 Å². The molecule has 0 heterocycles. The van der Waals surface area contributed by atoms with Crippen LogP contribution in [0.3, 0.4) is 0 Å². The number of hydrogen-bond donors (Lipinski definition) is 1. The zero-order valence-corrected chi connectivity index (χ0v) is 5.36. The van der Waals surface area contributed by atoms with Gasteiger partial charge in [-0.05, 0) is 18.8 Å². The highest BCUT2D eigenvalue weighted by atomic mass is 19.4. The minimum absolute atomic E-state index is 0.189. The lowest BCUT2D eigenvalue weighted by atomic mass is 9.74. The Bertz CT molecular complexity index is 119. The smallest absolute Gasteiger partial charge is 0.392 e. The topological polar surface area (TPSA) is 20.2 Å². The molecule has 0 saturated heterocycles. The molecular weight excluding hydrogens is 145 g/mol. The second-order valence-corrected chi connectivity index (χ2v) is 2.67. The second kappa shape index (κ2) is 2.42. The molecule has 10 heavy (non-hydrogen) atoms. The van der Waals surface area contributed by atoms with E-state index in [1.165, 1.54) is 0 Å². The largest absolute Gasteiger partial charge is 0.396 e. The van der Waals surface area contributed by atoms with Crippen molar-refractivity contribution >= 4 is 0 Å². The van der Waals surface area contributed by atoms with Crippen molar-refractivity contribution in [3.8, 4) is 0 Å². The van der Waals surface area contributed by atoms with E-state index in [9.17, 15) is 13.2 Å². The van der Waals surface area contributed by atoms with Crippen molar-refractivity contribution in [3.63, 3.8) is 0 Å². The summed E-state index contributed by atoms with van der Waals surface area (Å²) < 4.78 is 35.5.